The van der Waals surface area contributed by atoms with Crippen LogP contribution in [0.5, 0.6) is 0 Å². The molecule has 0 aromatic heterocycles. The fourth-order valence-electron chi connectivity index (χ4n) is 2.75. The first-order valence-corrected chi connectivity index (χ1v) is 6.39. The summed E-state index contributed by atoms with van der Waals surface area (Å²) in [6, 6.07) is -0.511. The molecule has 1 saturated heterocycles. The van der Waals surface area contributed by atoms with E-state index in [9.17, 15) is 14.4 Å². The van der Waals surface area contributed by atoms with Gasteiger partial charge in [-0.05, 0) is 19.3 Å². The van der Waals surface area contributed by atoms with E-state index in [0.717, 1.165) is 25.7 Å². The van der Waals surface area contributed by atoms with Crippen molar-refractivity contribution in [1.29, 1.82) is 0 Å². The van der Waals surface area contributed by atoms with Crippen molar-refractivity contribution in [3.05, 3.63) is 0 Å². The average molecular weight is 254 g/mol. The number of amides is 2. The van der Waals surface area contributed by atoms with Gasteiger partial charge in [-0.3, -0.25) is 14.4 Å². The van der Waals surface area contributed by atoms with E-state index in [-0.39, 0.29) is 24.4 Å². The summed E-state index contributed by atoms with van der Waals surface area (Å²) >= 11 is 0. The maximum absolute atomic E-state index is 12.3. The molecule has 6 nitrogen and oxygen atoms in total. The molecule has 1 heterocycles. The Hall–Kier alpha value is -1.59. The molecule has 100 valence electrons. The molecule has 0 aromatic rings. The van der Waals surface area contributed by atoms with Gasteiger partial charge < -0.3 is 15.3 Å². The molecule has 6 heteroatoms. The highest BCUT2D eigenvalue weighted by Gasteiger charge is 2.35. The van der Waals surface area contributed by atoms with E-state index in [1.54, 1.807) is 0 Å². The second-order valence-corrected chi connectivity index (χ2v) is 4.96. The molecular formula is C12H18N2O4. The highest BCUT2D eigenvalue weighted by molar-refractivity contribution is 5.92. The van der Waals surface area contributed by atoms with Crippen molar-refractivity contribution in [3.8, 4) is 0 Å². The van der Waals surface area contributed by atoms with Gasteiger partial charge in [-0.25, -0.2) is 0 Å². The van der Waals surface area contributed by atoms with Crippen LogP contribution in [0.4, 0.5) is 0 Å². The molecule has 1 atom stereocenters. The quantitative estimate of drug-likeness (QED) is 0.746. The second-order valence-electron chi connectivity index (χ2n) is 4.96. The predicted octanol–water partition coefficient (Wildman–Crippen LogP) is 0.121. The molecule has 2 N–H and O–H groups in total. The minimum Gasteiger partial charge on any atom is -0.480 e. The maximum atomic E-state index is 12.3. The zero-order valence-electron chi connectivity index (χ0n) is 10.2. The molecule has 0 aromatic carbocycles. The summed E-state index contributed by atoms with van der Waals surface area (Å²) < 4.78 is 0. The van der Waals surface area contributed by atoms with Gasteiger partial charge in [-0.15, -0.1) is 0 Å². The fourth-order valence-corrected chi connectivity index (χ4v) is 2.75. The van der Waals surface area contributed by atoms with Crippen molar-refractivity contribution in [1.82, 2.24) is 10.2 Å². The lowest BCUT2D eigenvalue weighted by molar-refractivity contribution is -0.147. The molecule has 2 rings (SSSR count). The molecule has 1 saturated carbocycles. The number of carboxylic acids is 1. The molecule has 0 bridgehead atoms. The number of hydrogen-bond donors (Lipinski definition) is 2. The molecule has 2 amide bonds. The zero-order chi connectivity index (χ0) is 13.1. The van der Waals surface area contributed by atoms with Crippen molar-refractivity contribution in [2.75, 3.05) is 6.54 Å². The molecule has 1 unspecified atom stereocenters. The maximum Gasteiger partial charge on any atom is 0.323 e. The van der Waals surface area contributed by atoms with Crippen LogP contribution in [0, 0.1) is 0 Å². The van der Waals surface area contributed by atoms with Crippen molar-refractivity contribution < 1.29 is 19.5 Å². The number of carboxylic acid groups (broad SMARTS) is 1. The Morgan fingerprint density at radius 2 is 1.94 bits per heavy atom. The molecule has 2 fully saturated rings. The number of carbonyl (C=O) groups is 3. The molecule has 1 aliphatic heterocycles. The SMILES string of the molecule is O=C(O)CN(C(=O)C1CCC(=O)N1)C1CCCC1. The number of hydrogen-bond acceptors (Lipinski definition) is 3. The van der Waals surface area contributed by atoms with Crippen LogP contribution in [-0.2, 0) is 14.4 Å². The smallest absolute Gasteiger partial charge is 0.323 e. The first-order valence-electron chi connectivity index (χ1n) is 6.39. The number of nitrogens with zero attached hydrogens (tertiary/aromatic N) is 1. The highest BCUT2D eigenvalue weighted by atomic mass is 16.4. The predicted molar refractivity (Wildman–Crippen MR) is 62.8 cm³/mol. The van der Waals surface area contributed by atoms with E-state index in [1.165, 1.54) is 4.90 Å². The van der Waals surface area contributed by atoms with Gasteiger partial charge in [0.05, 0.1) is 0 Å². The lowest BCUT2D eigenvalue weighted by atomic mass is 10.1. The number of aliphatic carboxylic acids is 1. The first kappa shape index (κ1) is 12.9. The topological polar surface area (TPSA) is 86.7 Å². The van der Waals surface area contributed by atoms with Crippen molar-refractivity contribution in [2.24, 2.45) is 0 Å². The van der Waals surface area contributed by atoms with E-state index in [0.29, 0.717) is 12.8 Å². The number of rotatable bonds is 4. The fraction of sp³-hybridized carbons (Fsp3) is 0.750. The summed E-state index contributed by atoms with van der Waals surface area (Å²) in [5.41, 5.74) is 0. The zero-order valence-corrected chi connectivity index (χ0v) is 10.2. The summed E-state index contributed by atoms with van der Waals surface area (Å²) in [6.45, 7) is -0.268. The van der Waals surface area contributed by atoms with Crippen LogP contribution in [0.2, 0.25) is 0 Å². The Labute approximate surface area is 105 Å². The first-order chi connectivity index (χ1) is 8.58. The van der Waals surface area contributed by atoms with E-state index in [2.05, 4.69) is 5.32 Å². The van der Waals surface area contributed by atoms with Crippen LogP contribution in [0.15, 0.2) is 0 Å². The van der Waals surface area contributed by atoms with Crippen molar-refractivity contribution in [3.63, 3.8) is 0 Å². The minimum absolute atomic E-state index is 0.0195. The van der Waals surface area contributed by atoms with E-state index in [4.69, 9.17) is 5.11 Å². The summed E-state index contributed by atoms with van der Waals surface area (Å²) in [4.78, 5) is 35.7. The van der Waals surface area contributed by atoms with Crippen molar-refractivity contribution in [2.45, 2.75) is 50.6 Å². The summed E-state index contributed by atoms with van der Waals surface area (Å²) in [6.07, 6.45) is 4.61. The van der Waals surface area contributed by atoms with Crippen molar-refractivity contribution >= 4 is 17.8 Å². The Balaban J connectivity index is 2.04. The second kappa shape index (κ2) is 5.37. The summed E-state index contributed by atoms with van der Waals surface area (Å²) in [5.74, 6) is -1.37. The van der Waals surface area contributed by atoms with Crippen LogP contribution in [0.3, 0.4) is 0 Å². The average Bonchev–Trinajstić information content (AvgIpc) is 2.95. The molecule has 18 heavy (non-hydrogen) atoms. The third kappa shape index (κ3) is 2.80. The third-order valence-corrected chi connectivity index (χ3v) is 3.65. The number of nitrogens with one attached hydrogen (secondary N) is 1. The monoisotopic (exact) mass is 254 g/mol. The lowest BCUT2D eigenvalue weighted by Gasteiger charge is -2.29. The lowest BCUT2D eigenvalue weighted by Crippen LogP contribution is -2.50. The standard InChI is InChI=1S/C12H18N2O4/c15-10-6-5-9(13-10)12(18)14(7-11(16)17)8-3-1-2-4-8/h8-9H,1-7H2,(H,13,15)(H,16,17). The van der Waals surface area contributed by atoms with Gasteiger partial charge in [0.15, 0.2) is 0 Å². The van der Waals surface area contributed by atoms with E-state index < -0.39 is 12.0 Å². The third-order valence-electron chi connectivity index (χ3n) is 3.65. The Morgan fingerprint density at radius 3 is 2.44 bits per heavy atom. The summed E-state index contributed by atoms with van der Waals surface area (Å²) in [7, 11) is 0. The van der Waals surface area contributed by atoms with Crippen LogP contribution >= 0.6 is 0 Å². The molecule has 1 aliphatic carbocycles. The minimum atomic E-state index is -1.00. The Kier molecular flexibility index (Phi) is 3.84. The van der Waals surface area contributed by atoms with Crippen LogP contribution in [-0.4, -0.2) is 46.4 Å². The Bertz CT molecular complexity index is 363. The summed E-state index contributed by atoms with van der Waals surface area (Å²) in [5, 5.41) is 11.5. The van der Waals surface area contributed by atoms with Gasteiger partial charge in [0.1, 0.15) is 12.6 Å². The normalized spacial score (nSPS) is 24.0. The number of carbonyl (C=O) groups excluding carboxylic acids is 2. The van der Waals surface area contributed by atoms with Crippen LogP contribution in [0.1, 0.15) is 38.5 Å². The molecule has 0 spiro atoms. The van der Waals surface area contributed by atoms with Crippen LogP contribution < -0.4 is 5.32 Å². The molecular weight excluding hydrogens is 236 g/mol. The van der Waals surface area contributed by atoms with Gasteiger partial charge >= 0.3 is 5.97 Å². The van der Waals surface area contributed by atoms with E-state index in [1.807, 2.05) is 0 Å². The van der Waals surface area contributed by atoms with Gasteiger partial charge in [0, 0.05) is 12.5 Å². The largest absolute Gasteiger partial charge is 0.480 e. The van der Waals surface area contributed by atoms with Gasteiger partial charge in [-0.2, -0.15) is 0 Å². The van der Waals surface area contributed by atoms with Crippen LogP contribution in [0.25, 0.3) is 0 Å². The molecule has 2 aliphatic rings. The van der Waals surface area contributed by atoms with Gasteiger partial charge in [0.2, 0.25) is 11.8 Å². The highest BCUT2D eigenvalue weighted by Crippen LogP contribution is 2.25. The molecule has 0 radical (unpaired) electrons. The van der Waals surface area contributed by atoms with E-state index >= 15 is 0 Å². The Morgan fingerprint density at radius 1 is 1.28 bits per heavy atom. The van der Waals surface area contributed by atoms with Gasteiger partial charge in [-0.1, -0.05) is 12.8 Å². The van der Waals surface area contributed by atoms with Gasteiger partial charge in [0.25, 0.3) is 0 Å².